The van der Waals surface area contributed by atoms with Crippen LogP contribution in [0.2, 0.25) is 0 Å². The molecule has 1 aliphatic heterocycles. The molecule has 0 spiro atoms. The van der Waals surface area contributed by atoms with Crippen molar-refractivity contribution in [3.63, 3.8) is 0 Å². The molecular formula is C14H16N2O2S. The third-order valence-corrected chi connectivity index (χ3v) is 4.65. The minimum atomic E-state index is -0.837. The van der Waals surface area contributed by atoms with E-state index in [1.165, 1.54) is 12.8 Å². The number of hydrogen-bond acceptors (Lipinski definition) is 5. The van der Waals surface area contributed by atoms with Gasteiger partial charge >= 0.3 is 0 Å². The van der Waals surface area contributed by atoms with Crippen molar-refractivity contribution >= 4 is 11.8 Å². The predicted octanol–water partition coefficient (Wildman–Crippen LogP) is 3.11. The summed E-state index contributed by atoms with van der Waals surface area (Å²) >= 11 is 1.87. The molecule has 3 rings (SSSR count). The quantitative estimate of drug-likeness (QED) is 0.933. The fourth-order valence-corrected chi connectivity index (χ4v) is 3.44. The number of aliphatic hydroxyl groups is 1. The Balaban J connectivity index is 1.77. The Kier molecular flexibility index (Phi) is 3.84. The highest BCUT2D eigenvalue weighted by Gasteiger charge is 2.24. The molecule has 0 amide bonds. The summed E-state index contributed by atoms with van der Waals surface area (Å²) in [5, 5.41) is 14.5. The number of thioether (sulfide) groups is 1. The normalized spacial score (nSPS) is 21.2. The van der Waals surface area contributed by atoms with Crippen LogP contribution in [0.4, 0.5) is 0 Å². The number of nitrogens with zero attached hydrogens (tertiary/aromatic N) is 2. The van der Waals surface area contributed by atoms with Gasteiger partial charge in [0.25, 0.3) is 5.89 Å². The summed E-state index contributed by atoms with van der Waals surface area (Å²) in [7, 11) is 0. The van der Waals surface area contributed by atoms with Crippen molar-refractivity contribution in [3.8, 4) is 0 Å². The summed E-state index contributed by atoms with van der Waals surface area (Å²) in [5.41, 5.74) is 0.772. The summed E-state index contributed by atoms with van der Waals surface area (Å²) in [5.74, 6) is 2.15. The summed E-state index contributed by atoms with van der Waals surface area (Å²) < 4.78 is 5.21. The number of hydrogen-bond donors (Lipinski definition) is 1. The Morgan fingerprint density at radius 2 is 2.11 bits per heavy atom. The van der Waals surface area contributed by atoms with Crippen LogP contribution in [0.15, 0.2) is 34.9 Å². The Bertz CT molecular complexity index is 523. The summed E-state index contributed by atoms with van der Waals surface area (Å²) in [6.07, 6.45) is 2.72. The van der Waals surface area contributed by atoms with Gasteiger partial charge < -0.3 is 9.63 Å². The zero-order chi connectivity index (χ0) is 13.1. The van der Waals surface area contributed by atoms with E-state index >= 15 is 0 Å². The van der Waals surface area contributed by atoms with Crippen LogP contribution < -0.4 is 0 Å². The Morgan fingerprint density at radius 1 is 1.26 bits per heavy atom. The highest BCUT2D eigenvalue weighted by atomic mass is 32.2. The first-order valence-electron chi connectivity index (χ1n) is 6.53. The molecular weight excluding hydrogens is 260 g/mol. The number of aliphatic hydroxyl groups excluding tert-OH is 1. The molecule has 2 unspecified atom stereocenters. The largest absolute Gasteiger partial charge is 0.378 e. The smallest absolute Gasteiger partial charge is 0.260 e. The molecule has 1 aromatic carbocycles. The van der Waals surface area contributed by atoms with Gasteiger partial charge in [-0.2, -0.15) is 16.7 Å². The minimum Gasteiger partial charge on any atom is -0.378 e. The molecule has 1 fully saturated rings. The van der Waals surface area contributed by atoms with Crippen molar-refractivity contribution in [1.29, 1.82) is 0 Å². The number of benzene rings is 1. The van der Waals surface area contributed by atoms with E-state index in [-0.39, 0.29) is 5.89 Å². The van der Waals surface area contributed by atoms with Gasteiger partial charge in [-0.15, -0.1) is 0 Å². The number of aromatic nitrogens is 2. The molecule has 2 atom stereocenters. The van der Waals surface area contributed by atoms with E-state index in [1.807, 2.05) is 42.1 Å². The summed E-state index contributed by atoms with van der Waals surface area (Å²) in [4.78, 5) is 4.36. The van der Waals surface area contributed by atoms with Crippen molar-refractivity contribution < 1.29 is 9.63 Å². The standard InChI is InChI=1S/C14H16N2O2S/c17-12(10-6-2-1-3-7-10)14-15-13(16-18-14)11-8-4-5-9-19-11/h1-3,6-7,11-12,17H,4-5,8-9H2. The van der Waals surface area contributed by atoms with E-state index < -0.39 is 6.10 Å². The van der Waals surface area contributed by atoms with E-state index in [1.54, 1.807) is 0 Å². The van der Waals surface area contributed by atoms with Crippen LogP contribution in [0, 0.1) is 0 Å². The maximum atomic E-state index is 10.2. The molecule has 1 saturated heterocycles. The van der Waals surface area contributed by atoms with Gasteiger partial charge in [-0.05, 0) is 24.2 Å². The van der Waals surface area contributed by atoms with Gasteiger partial charge in [0.2, 0.25) is 0 Å². The van der Waals surface area contributed by atoms with Crippen LogP contribution in [0.3, 0.4) is 0 Å². The zero-order valence-corrected chi connectivity index (χ0v) is 11.3. The van der Waals surface area contributed by atoms with Gasteiger partial charge in [-0.3, -0.25) is 0 Å². The fraction of sp³-hybridized carbons (Fsp3) is 0.429. The molecule has 0 aliphatic carbocycles. The van der Waals surface area contributed by atoms with E-state index in [0.29, 0.717) is 5.25 Å². The predicted molar refractivity (Wildman–Crippen MR) is 73.9 cm³/mol. The molecule has 4 nitrogen and oxygen atoms in total. The van der Waals surface area contributed by atoms with Gasteiger partial charge in [0.1, 0.15) is 0 Å². The molecule has 1 aromatic heterocycles. The molecule has 100 valence electrons. The maximum Gasteiger partial charge on any atom is 0.260 e. The van der Waals surface area contributed by atoms with Crippen molar-refractivity contribution in [1.82, 2.24) is 10.1 Å². The second-order valence-corrected chi connectivity index (χ2v) is 5.97. The minimum absolute atomic E-state index is 0.285. The van der Waals surface area contributed by atoms with Crippen LogP contribution in [0.5, 0.6) is 0 Å². The van der Waals surface area contributed by atoms with E-state index in [9.17, 15) is 5.11 Å². The van der Waals surface area contributed by atoms with Gasteiger partial charge in [0.15, 0.2) is 11.9 Å². The molecule has 1 aliphatic rings. The highest BCUT2D eigenvalue weighted by molar-refractivity contribution is 7.99. The van der Waals surface area contributed by atoms with Crippen LogP contribution >= 0.6 is 11.8 Å². The zero-order valence-electron chi connectivity index (χ0n) is 10.5. The third kappa shape index (κ3) is 2.82. The topological polar surface area (TPSA) is 59.2 Å². The van der Waals surface area contributed by atoms with E-state index in [4.69, 9.17) is 4.52 Å². The van der Waals surface area contributed by atoms with Crippen molar-refractivity contribution in [2.24, 2.45) is 0 Å². The van der Waals surface area contributed by atoms with Crippen LogP contribution in [0.1, 0.15) is 47.9 Å². The first kappa shape index (κ1) is 12.7. The SMILES string of the molecule is OC(c1ccccc1)c1nc(C2CCCCS2)no1. The third-order valence-electron chi connectivity index (χ3n) is 3.27. The van der Waals surface area contributed by atoms with Gasteiger partial charge in [-0.25, -0.2) is 0 Å². The fourth-order valence-electron chi connectivity index (χ4n) is 2.21. The lowest BCUT2D eigenvalue weighted by Gasteiger charge is -2.17. The molecule has 2 aromatic rings. The molecule has 0 bridgehead atoms. The van der Waals surface area contributed by atoms with Crippen molar-refractivity contribution in [2.45, 2.75) is 30.6 Å². The summed E-state index contributed by atoms with van der Waals surface area (Å²) in [6, 6.07) is 9.38. The average Bonchev–Trinajstić information content (AvgIpc) is 2.98. The van der Waals surface area contributed by atoms with Crippen molar-refractivity contribution in [3.05, 3.63) is 47.6 Å². The molecule has 0 radical (unpaired) electrons. The van der Waals surface area contributed by atoms with Crippen LogP contribution in [-0.2, 0) is 0 Å². The Morgan fingerprint density at radius 3 is 2.84 bits per heavy atom. The Hall–Kier alpha value is -1.33. The van der Waals surface area contributed by atoms with Gasteiger partial charge in [-0.1, -0.05) is 41.9 Å². The second kappa shape index (κ2) is 5.75. The number of rotatable bonds is 3. The monoisotopic (exact) mass is 276 g/mol. The average molecular weight is 276 g/mol. The van der Waals surface area contributed by atoms with Crippen molar-refractivity contribution in [2.75, 3.05) is 5.75 Å². The highest BCUT2D eigenvalue weighted by Crippen LogP contribution is 2.37. The lowest BCUT2D eigenvalue weighted by atomic mass is 10.1. The lowest BCUT2D eigenvalue weighted by Crippen LogP contribution is -2.05. The molecule has 0 saturated carbocycles. The first-order chi connectivity index (χ1) is 9.34. The lowest BCUT2D eigenvalue weighted by molar-refractivity contribution is 0.170. The maximum absolute atomic E-state index is 10.2. The Labute approximate surface area is 116 Å². The molecule has 2 heterocycles. The van der Waals surface area contributed by atoms with E-state index in [0.717, 1.165) is 23.6 Å². The summed E-state index contributed by atoms with van der Waals surface area (Å²) in [6.45, 7) is 0. The van der Waals surface area contributed by atoms with Gasteiger partial charge in [0, 0.05) is 0 Å². The molecule has 5 heteroatoms. The second-order valence-electron chi connectivity index (χ2n) is 4.66. The molecule has 19 heavy (non-hydrogen) atoms. The van der Waals surface area contributed by atoms with Crippen LogP contribution in [0.25, 0.3) is 0 Å². The van der Waals surface area contributed by atoms with Crippen LogP contribution in [-0.4, -0.2) is 21.0 Å². The first-order valence-corrected chi connectivity index (χ1v) is 7.57. The molecule has 1 N–H and O–H groups in total. The van der Waals surface area contributed by atoms with E-state index in [2.05, 4.69) is 10.1 Å². The van der Waals surface area contributed by atoms with Gasteiger partial charge in [0.05, 0.1) is 5.25 Å².